The lowest BCUT2D eigenvalue weighted by molar-refractivity contribution is -0.142. The summed E-state index contributed by atoms with van der Waals surface area (Å²) in [5.41, 5.74) is 6.35. The van der Waals surface area contributed by atoms with Crippen LogP contribution in [0.25, 0.3) is 0 Å². The van der Waals surface area contributed by atoms with Crippen LogP contribution in [0.3, 0.4) is 0 Å². The fourth-order valence-electron chi connectivity index (χ4n) is 1.95. The summed E-state index contributed by atoms with van der Waals surface area (Å²) in [6, 6.07) is 4.53. The molecule has 0 atom stereocenters. The highest BCUT2D eigenvalue weighted by Crippen LogP contribution is 2.26. The van der Waals surface area contributed by atoms with Crippen molar-refractivity contribution in [2.75, 3.05) is 11.3 Å². The number of benzene rings is 1. The van der Waals surface area contributed by atoms with Gasteiger partial charge >= 0.3 is 5.97 Å². The summed E-state index contributed by atoms with van der Waals surface area (Å²) in [6.07, 6.45) is -0.0166. The molecular formula is C14H16ClN3O4S2. The molecule has 0 bridgehead atoms. The molecular weight excluding hydrogens is 374 g/mol. The van der Waals surface area contributed by atoms with Crippen LogP contribution in [-0.4, -0.2) is 26.0 Å². The molecule has 1 heterocycles. The van der Waals surface area contributed by atoms with Gasteiger partial charge in [-0.25, -0.2) is 13.4 Å². The molecule has 0 aliphatic heterocycles. The Labute approximate surface area is 148 Å². The SMILES string of the molecule is CCOC(=O)Cc1csc(NS(=O)(=O)c2cccc(Cl)c2CN)n1. The second-order valence-corrected chi connectivity index (χ2v) is 7.57. The summed E-state index contributed by atoms with van der Waals surface area (Å²) in [5, 5.41) is 2.02. The second-order valence-electron chi connectivity index (χ2n) is 4.65. The predicted octanol–water partition coefficient (Wildman–Crippen LogP) is 2.16. The van der Waals surface area contributed by atoms with E-state index in [1.807, 2.05) is 0 Å². The maximum Gasteiger partial charge on any atom is 0.311 e. The zero-order chi connectivity index (χ0) is 17.7. The number of carbonyl (C=O) groups excluding carboxylic acids is 1. The number of aromatic nitrogens is 1. The summed E-state index contributed by atoms with van der Waals surface area (Å²) in [7, 11) is -3.89. The van der Waals surface area contributed by atoms with Crippen LogP contribution in [0.5, 0.6) is 0 Å². The van der Waals surface area contributed by atoms with Crippen molar-refractivity contribution in [2.24, 2.45) is 5.73 Å². The van der Waals surface area contributed by atoms with Crippen molar-refractivity contribution < 1.29 is 17.9 Å². The first-order valence-corrected chi connectivity index (χ1v) is 9.71. The third kappa shape index (κ3) is 4.44. The molecule has 0 aliphatic carbocycles. The van der Waals surface area contributed by atoms with Gasteiger partial charge in [0.15, 0.2) is 5.13 Å². The number of rotatable bonds is 7. The number of halogens is 1. The van der Waals surface area contributed by atoms with Gasteiger partial charge in [-0.1, -0.05) is 17.7 Å². The number of thiazole rings is 1. The summed E-state index contributed by atoms with van der Waals surface area (Å²) in [5.74, 6) is -0.419. The number of anilines is 1. The van der Waals surface area contributed by atoms with Crippen molar-refractivity contribution in [3.05, 3.63) is 39.9 Å². The molecule has 1 aromatic heterocycles. The molecule has 7 nitrogen and oxygen atoms in total. The number of hydrogen-bond acceptors (Lipinski definition) is 7. The smallest absolute Gasteiger partial charge is 0.311 e. The van der Waals surface area contributed by atoms with E-state index in [1.54, 1.807) is 18.4 Å². The van der Waals surface area contributed by atoms with Gasteiger partial charge < -0.3 is 10.5 Å². The van der Waals surface area contributed by atoms with Crippen molar-refractivity contribution in [3.8, 4) is 0 Å². The van der Waals surface area contributed by atoms with E-state index < -0.39 is 16.0 Å². The quantitative estimate of drug-likeness (QED) is 0.702. The maximum atomic E-state index is 12.5. The third-order valence-corrected chi connectivity index (χ3v) is 5.69. The zero-order valence-electron chi connectivity index (χ0n) is 12.8. The molecule has 1 aromatic carbocycles. The van der Waals surface area contributed by atoms with E-state index in [1.165, 1.54) is 12.1 Å². The Morgan fingerprint density at radius 3 is 2.88 bits per heavy atom. The van der Waals surface area contributed by atoms with E-state index in [0.29, 0.717) is 11.3 Å². The van der Waals surface area contributed by atoms with Crippen molar-refractivity contribution >= 4 is 44.1 Å². The molecule has 0 saturated heterocycles. The van der Waals surface area contributed by atoms with E-state index in [2.05, 4.69) is 9.71 Å². The van der Waals surface area contributed by atoms with Crippen LogP contribution in [0.2, 0.25) is 5.02 Å². The lowest BCUT2D eigenvalue weighted by atomic mass is 10.2. The zero-order valence-corrected chi connectivity index (χ0v) is 15.2. The van der Waals surface area contributed by atoms with E-state index in [-0.39, 0.29) is 34.6 Å². The number of sulfonamides is 1. The highest BCUT2D eigenvalue weighted by Gasteiger charge is 2.21. The van der Waals surface area contributed by atoms with Crippen LogP contribution in [0, 0.1) is 0 Å². The van der Waals surface area contributed by atoms with Gasteiger partial charge in [0.1, 0.15) is 0 Å². The second kappa shape index (κ2) is 7.93. The summed E-state index contributed by atoms with van der Waals surface area (Å²) >= 11 is 7.07. The Morgan fingerprint density at radius 2 is 2.21 bits per heavy atom. The predicted molar refractivity (Wildman–Crippen MR) is 92.6 cm³/mol. The third-order valence-electron chi connectivity index (χ3n) is 2.97. The van der Waals surface area contributed by atoms with E-state index >= 15 is 0 Å². The lowest BCUT2D eigenvalue weighted by Gasteiger charge is -2.10. The fourth-order valence-corrected chi connectivity index (χ4v) is 4.50. The number of nitrogens with one attached hydrogen (secondary N) is 1. The van der Waals surface area contributed by atoms with Crippen molar-refractivity contribution in [3.63, 3.8) is 0 Å². The van der Waals surface area contributed by atoms with Crippen molar-refractivity contribution in [2.45, 2.75) is 24.8 Å². The summed E-state index contributed by atoms with van der Waals surface area (Å²) < 4.78 is 32.2. The normalized spacial score (nSPS) is 11.3. The topological polar surface area (TPSA) is 111 Å². The number of esters is 1. The standard InChI is InChI=1S/C14H16ClN3O4S2/c1-2-22-13(19)6-9-8-23-14(17-9)18-24(20,21)12-5-3-4-11(15)10(12)7-16/h3-5,8H,2,6-7,16H2,1H3,(H,17,18). The average Bonchev–Trinajstić information content (AvgIpc) is 2.93. The van der Waals surface area contributed by atoms with Crippen molar-refractivity contribution in [1.82, 2.24) is 4.98 Å². The van der Waals surface area contributed by atoms with Crippen LogP contribution < -0.4 is 10.5 Å². The molecule has 10 heteroatoms. The lowest BCUT2D eigenvalue weighted by Crippen LogP contribution is -2.16. The summed E-state index contributed by atoms with van der Waals surface area (Å²) in [6.45, 7) is 1.97. The molecule has 2 rings (SSSR count). The molecule has 2 aromatic rings. The molecule has 0 saturated carbocycles. The molecule has 0 aliphatic rings. The largest absolute Gasteiger partial charge is 0.466 e. The Hall–Kier alpha value is -1.68. The Bertz CT molecular complexity index is 836. The van der Waals surface area contributed by atoms with Crippen LogP contribution in [0.4, 0.5) is 5.13 Å². The number of carbonyl (C=O) groups is 1. The number of nitrogens with two attached hydrogens (primary N) is 1. The van der Waals surface area contributed by atoms with E-state index in [9.17, 15) is 13.2 Å². The van der Waals surface area contributed by atoms with Gasteiger partial charge in [0, 0.05) is 22.5 Å². The molecule has 24 heavy (non-hydrogen) atoms. The van der Waals surface area contributed by atoms with Crippen LogP contribution >= 0.6 is 22.9 Å². The number of hydrogen-bond donors (Lipinski definition) is 2. The highest BCUT2D eigenvalue weighted by molar-refractivity contribution is 7.93. The summed E-state index contributed by atoms with van der Waals surface area (Å²) in [4.78, 5) is 15.5. The Balaban J connectivity index is 2.20. The van der Waals surface area contributed by atoms with Crippen LogP contribution in [-0.2, 0) is 32.5 Å². The van der Waals surface area contributed by atoms with Crippen molar-refractivity contribution in [1.29, 1.82) is 0 Å². The maximum absolute atomic E-state index is 12.5. The minimum atomic E-state index is -3.89. The molecule has 0 spiro atoms. The first kappa shape index (κ1) is 18.7. The molecule has 0 amide bonds. The fraction of sp³-hybridized carbons (Fsp3) is 0.286. The van der Waals surface area contributed by atoms with Gasteiger partial charge in [-0.3, -0.25) is 9.52 Å². The minimum absolute atomic E-state index is 0.000331. The van der Waals surface area contributed by atoms with Gasteiger partial charge in [-0.15, -0.1) is 11.3 Å². The first-order chi connectivity index (χ1) is 11.4. The molecule has 0 unspecified atom stereocenters. The van der Waals surface area contributed by atoms with Crippen LogP contribution in [0.1, 0.15) is 18.2 Å². The van der Waals surface area contributed by atoms with E-state index in [4.69, 9.17) is 22.1 Å². The Morgan fingerprint density at radius 1 is 1.46 bits per heavy atom. The van der Waals surface area contributed by atoms with E-state index in [0.717, 1.165) is 11.3 Å². The molecule has 0 radical (unpaired) electrons. The van der Waals surface area contributed by atoms with Gasteiger partial charge in [0.2, 0.25) is 0 Å². The van der Waals surface area contributed by atoms with Gasteiger partial charge in [-0.2, -0.15) is 0 Å². The number of nitrogens with zero attached hydrogens (tertiary/aromatic N) is 1. The first-order valence-electron chi connectivity index (χ1n) is 6.97. The minimum Gasteiger partial charge on any atom is -0.466 e. The Kier molecular flexibility index (Phi) is 6.16. The van der Waals surface area contributed by atoms with Gasteiger partial charge in [0.25, 0.3) is 10.0 Å². The highest BCUT2D eigenvalue weighted by atomic mass is 35.5. The monoisotopic (exact) mass is 389 g/mol. The van der Waals surface area contributed by atoms with Gasteiger partial charge in [0.05, 0.1) is 23.6 Å². The molecule has 130 valence electrons. The molecule has 3 N–H and O–H groups in total. The molecule has 0 fully saturated rings. The average molecular weight is 390 g/mol. The van der Waals surface area contributed by atoms with Gasteiger partial charge in [-0.05, 0) is 19.1 Å². The number of ether oxygens (including phenoxy) is 1. The van der Waals surface area contributed by atoms with Crippen LogP contribution in [0.15, 0.2) is 28.5 Å².